The van der Waals surface area contributed by atoms with Crippen molar-refractivity contribution < 1.29 is 0 Å². The molecule has 0 aliphatic carbocycles. The first-order valence-corrected chi connectivity index (χ1v) is 6.38. The van der Waals surface area contributed by atoms with Crippen molar-refractivity contribution in [3.05, 3.63) is 0 Å². The van der Waals surface area contributed by atoms with Crippen LogP contribution in [0.4, 0.5) is 0 Å². The molecule has 0 aromatic heterocycles. The van der Waals surface area contributed by atoms with E-state index in [1.54, 1.807) is 0 Å². The summed E-state index contributed by atoms with van der Waals surface area (Å²) in [5.74, 6) is 0. The van der Waals surface area contributed by atoms with Crippen molar-refractivity contribution in [3.63, 3.8) is 0 Å². The highest BCUT2D eigenvalue weighted by Gasteiger charge is 2.09. The molecule has 1 nitrogen and oxygen atoms in total. The quantitative estimate of drug-likeness (QED) is 0.470. The molecule has 44 valence electrons. The van der Waals surface area contributed by atoms with E-state index in [2.05, 4.69) is 0 Å². The number of hydrogen-bond acceptors (Lipinski definition) is 1. The van der Waals surface area contributed by atoms with Crippen molar-refractivity contribution in [2.75, 3.05) is 0 Å². The highest BCUT2D eigenvalue weighted by atomic mass is 35.7. The summed E-state index contributed by atoms with van der Waals surface area (Å²) in [5.41, 5.74) is 5.49. The molecule has 0 amide bonds. The average Bonchev–Trinajstić information content (AvgIpc) is 1.65. The summed E-state index contributed by atoms with van der Waals surface area (Å²) in [5, 5.41) is 0. The van der Waals surface area contributed by atoms with E-state index < -0.39 is 7.42 Å². The van der Waals surface area contributed by atoms with Gasteiger partial charge in [-0.1, -0.05) is 6.92 Å². The molecule has 0 rings (SSSR count). The third kappa shape index (κ3) is 3.35. The van der Waals surface area contributed by atoms with Crippen molar-refractivity contribution >= 4 is 29.6 Å². The van der Waals surface area contributed by atoms with Crippen LogP contribution in [0, 0.1) is 0 Å². The first-order valence-electron chi connectivity index (χ1n) is 2.22. The third-order valence-corrected chi connectivity index (χ3v) is 3.86. The van der Waals surface area contributed by atoms with Gasteiger partial charge in [-0.2, -0.15) is 0 Å². The highest BCUT2D eigenvalue weighted by Crippen LogP contribution is 2.02. The molecule has 0 bridgehead atoms. The van der Waals surface area contributed by atoms with Crippen molar-refractivity contribution in [2.45, 2.75) is 19.0 Å². The van der Waals surface area contributed by atoms with Crippen LogP contribution in [-0.2, 0) is 0 Å². The van der Waals surface area contributed by atoms with Gasteiger partial charge in [-0.25, -0.2) is 0 Å². The minimum atomic E-state index is -1.54. The standard InChI is InChI=1S/C3H9Cl2NSi/c1-2-3(6)7(4)5/h3,7H,2,6H2,1H3. The van der Waals surface area contributed by atoms with Crippen LogP contribution < -0.4 is 5.73 Å². The molecule has 2 N–H and O–H groups in total. The Bertz CT molecular complexity index is 50.2. The third-order valence-electron chi connectivity index (χ3n) is 0.795. The zero-order valence-electron chi connectivity index (χ0n) is 4.20. The topological polar surface area (TPSA) is 26.0 Å². The van der Waals surface area contributed by atoms with Gasteiger partial charge in [0, 0.05) is 5.67 Å². The fraction of sp³-hybridized carbons (Fsp3) is 1.00. The summed E-state index contributed by atoms with van der Waals surface area (Å²) in [4.78, 5) is 0. The van der Waals surface area contributed by atoms with E-state index in [1.807, 2.05) is 6.92 Å². The van der Waals surface area contributed by atoms with Crippen LogP contribution in [0.15, 0.2) is 0 Å². The van der Waals surface area contributed by atoms with Gasteiger partial charge in [0.15, 0.2) is 0 Å². The molecule has 0 aliphatic rings. The lowest BCUT2D eigenvalue weighted by atomic mass is 10.5. The van der Waals surface area contributed by atoms with Gasteiger partial charge < -0.3 is 5.73 Å². The lowest BCUT2D eigenvalue weighted by molar-refractivity contribution is 0.850. The van der Waals surface area contributed by atoms with E-state index in [9.17, 15) is 0 Å². The Labute approximate surface area is 54.8 Å². The van der Waals surface area contributed by atoms with Gasteiger partial charge in [-0.3, -0.25) is 0 Å². The Morgan fingerprint density at radius 1 is 1.71 bits per heavy atom. The minimum Gasteiger partial charge on any atom is -0.328 e. The summed E-state index contributed by atoms with van der Waals surface area (Å²) < 4.78 is 0. The smallest absolute Gasteiger partial charge is 0.252 e. The van der Waals surface area contributed by atoms with Crippen LogP contribution in [0.25, 0.3) is 0 Å². The molecular formula is C3H9Cl2NSi. The number of nitrogens with two attached hydrogens (primary N) is 1. The van der Waals surface area contributed by atoms with Crippen molar-refractivity contribution in [2.24, 2.45) is 5.73 Å². The van der Waals surface area contributed by atoms with Crippen molar-refractivity contribution in [1.82, 2.24) is 0 Å². The minimum absolute atomic E-state index is 0.0725. The molecule has 1 atom stereocenters. The zero-order chi connectivity index (χ0) is 5.86. The first-order chi connectivity index (χ1) is 3.18. The molecule has 0 fully saturated rings. The summed E-state index contributed by atoms with van der Waals surface area (Å²) >= 11 is 11.0. The van der Waals surface area contributed by atoms with E-state index in [0.29, 0.717) is 0 Å². The normalized spacial score (nSPS) is 15.0. The summed E-state index contributed by atoms with van der Waals surface area (Å²) in [6, 6.07) is 0. The largest absolute Gasteiger partial charge is 0.328 e. The number of halogens is 2. The fourth-order valence-corrected chi connectivity index (χ4v) is 1.60. The van der Waals surface area contributed by atoms with E-state index >= 15 is 0 Å². The molecule has 0 aromatic rings. The Hall–Kier alpha value is 0.757. The summed E-state index contributed by atoms with van der Waals surface area (Å²) in [6.45, 7) is 1.98. The van der Waals surface area contributed by atoms with Gasteiger partial charge in [-0.05, 0) is 6.42 Å². The van der Waals surface area contributed by atoms with Crippen LogP contribution in [0.3, 0.4) is 0 Å². The Morgan fingerprint density at radius 3 is 2.14 bits per heavy atom. The Kier molecular flexibility index (Phi) is 4.12. The molecule has 0 aromatic carbocycles. The maximum Gasteiger partial charge on any atom is 0.252 e. The first kappa shape index (κ1) is 7.76. The predicted octanol–water partition coefficient (Wildman–Crippen LogP) is 0.961. The van der Waals surface area contributed by atoms with Crippen LogP contribution in [0.2, 0.25) is 0 Å². The lowest BCUT2D eigenvalue weighted by Gasteiger charge is -2.04. The van der Waals surface area contributed by atoms with Gasteiger partial charge in [-0.15, -0.1) is 22.2 Å². The Balaban J connectivity index is 3.14. The van der Waals surface area contributed by atoms with Gasteiger partial charge in [0.1, 0.15) is 0 Å². The van der Waals surface area contributed by atoms with Crippen LogP contribution in [-0.4, -0.2) is 13.1 Å². The second-order valence-corrected chi connectivity index (χ2v) is 6.42. The van der Waals surface area contributed by atoms with Crippen molar-refractivity contribution in [3.8, 4) is 0 Å². The van der Waals surface area contributed by atoms with Crippen LogP contribution >= 0.6 is 22.2 Å². The molecule has 4 heteroatoms. The van der Waals surface area contributed by atoms with Gasteiger partial charge in [0.25, 0.3) is 7.42 Å². The highest BCUT2D eigenvalue weighted by molar-refractivity contribution is 7.34. The van der Waals surface area contributed by atoms with Gasteiger partial charge >= 0.3 is 0 Å². The summed E-state index contributed by atoms with van der Waals surface area (Å²) in [6.07, 6.45) is 0.893. The maximum absolute atomic E-state index is 5.51. The van der Waals surface area contributed by atoms with E-state index in [-0.39, 0.29) is 5.67 Å². The van der Waals surface area contributed by atoms with E-state index in [0.717, 1.165) is 6.42 Å². The average molecular weight is 158 g/mol. The SMILES string of the molecule is CCC(N)[SiH](Cl)Cl. The fourth-order valence-electron chi connectivity index (χ4n) is 0.178. The second-order valence-electron chi connectivity index (χ2n) is 1.41. The predicted molar refractivity (Wildman–Crippen MR) is 37.1 cm³/mol. The Morgan fingerprint density at radius 2 is 2.14 bits per heavy atom. The van der Waals surface area contributed by atoms with Gasteiger partial charge in [0.05, 0.1) is 0 Å². The molecule has 0 radical (unpaired) electrons. The molecule has 0 spiro atoms. The molecule has 0 saturated carbocycles. The molecule has 0 saturated heterocycles. The van der Waals surface area contributed by atoms with Crippen molar-refractivity contribution in [1.29, 1.82) is 0 Å². The maximum atomic E-state index is 5.51. The van der Waals surface area contributed by atoms with E-state index in [1.165, 1.54) is 0 Å². The second kappa shape index (κ2) is 3.72. The summed E-state index contributed by atoms with van der Waals surface area (Å²) in [7, 11) is -1.54. The van der Waals surface area contributed by atoms with Gasteiger partial charge in [0.2, 0.25) is 0 Å². The van der Waals surface area contributed by atoms with E-state index in [4.69, 9.17) is 27.9 Å². The number of hydrogen-bond donors (Lipinski definition) is 1. The molecule has 0 heterocycles. The number of rotatable bonds is 2. The monoisotopic (exact) mass is 157 g/mol. The molecular weight excluding hydrogens is 149 g/mol. The lowest BCUT2D eigenvalue weighted by Crippen LogP contribution is -2.29. The molecule has 1 unspecified atom stereocenters. The molecule has 0 aliphatic heterocycles. The zero-order valence-corrected chi connectivity index (χ0v) is 6.86. The van der Waals surface area contributed by atoms with Crippen LogP contribution in [0.5, 0.6) is 0 Å². The van der Waals surface area contributed by atoms with Crippen LogP contribution in [0.1, 0.15) is 13.3 Å². The molecule has 7 heavy (non-hydrogen) atoms.